The van der Waals surface area contributed by atoms with Crippen molar-refractivity contribution in [3.05, 3.63) is 58.1 Å². The van der Waals surface area contributed by atoms with Crippen LogP contribution in [0.25, 0.3) is 0 Å². The zero-order valence-electron chi connectivity index (χ0n) is 16.0. The Labute approximate surface area is 176 Å². The fourth-order valence-electron chi connectivity index (χ4n) is 3.34. The van der Waals surface area contributed by atoms with Crippen LogP contribution in [0.1, 0.15) is 16.8 Å². The Hall–Kier alpha value is -1.95. The van der Waals surface area contributed by atoms with Gasteiger partial charge in [0.2, 0.25) is 0 Å². The second kappa shape index (κ2) is 10.0. The minimum Gasteiger partial charge on any atom is -0.496 e. The summed E-state index contributed by atoms with van der Waals surface area (Å²) in [6.07, 6.45) is 0.898. The Kier molecular flexibility index (Phi) is 7.43. The third-order valence-corrected chi connectivity index (χ3v) is 5.39. The standard InChI is InChI=1S/C21H25Cl2N3O2/c1-28-20-8-5-17(23)15-19(20)21(27)24-9-2-10-25-11-13-26(14-12-25)18-6-3-16(22)4-7-18/h3-8,15H,2,9-14H2,1H3,(H,24,27). The van der Waals surface area contributed by atoms with E-state index in [1.54, 1.807) is 25.3 Å². The molecule has 1 amide bonds. The Morgan fingerprint density at radius 3 is 2.39 bits per heavy atom. The first kappa shape index (κ1) is 20.8. The second-order valence-corrected chi connectivity index (χ2v) is 7.63. The zero-order valence-corrected chi connectivity index (χ0v) is 17.5. The number of piperazine rings is 1. The Morgan fingerprint density at radius 1 is 1.04 bits per heavy atom. The molecule has 150 valence electrons. The number of anilines is 1. The average molecular weight is 422 g/mol. The van der Waals surface area contributed by atoms with Crippen LogP contribution in [0.2, 0.25) is 10.0 Å². The first-order valence-electron chi connectivity index (χ1n) is 9.41. The first-order chi connectivity index (χ1) is 13.6. The van der Waals surface area contributed by atoms with Crippen LogP contribution in [-0.4, -0.2) is 57.2 Å². The largest absolute Gasteiger partial charge is 0.496 e. The van der Waals surface area contributed by atoms with E-state index in [9.17, 15) is 4.79 Å². The van der Waals surface area contributed by atoms with E-state index in [2.05, 4.69) is 27.2 Å². The van der Waals surface area contributed by atoms with Crippen molar-refractivity contribution >= 4 is 34.8 Å². The predicted octanol–water partition coefficient (Wildman–Crippen LogP) is 3.94. The summed E-state index contributed by atoms with van der Waals surface area (Å²) in [5.74, 6) is 0.368. The molecule has 1 heterocycles. The molecule has 2 aromatic carbocycles. The summed E-state index contributed by atoms with van der Waals surface area (Å²) in [4.78, 5) is 17.2. The molecule has 0 unspecified atom stereocenters. The molecule has 1 saturated heterocycles. The van der Waals surface area contributed by atoms with E-state index in [1.807, 2.05) is 12.1 Å². The fraction of sp³-hybridized carbons (Fsp3) is 0.381. The van der Waals surface area contributed by atoms with Gasteiger partial charge in [-0.3, -0.25) is 9.69 Å². The fourth-order valence-corrected chi connectivity index (χ4v) is 3.64. The van der Waals surface area contributed by atoms with Gasteiger partial charge in [-0.25, -0.2) is 0 Å². The molecule has 2 aromatic rings. The van der Waals surface area contributed by atoms with Crippen LogP contribution in [0.3, 0.4) is 0 Å². The number of amides is 1. The molecule has 0 aliphatic carbocycles. The number of rotatable bonds is 7. The molecule has 0 bridgehead atoms. The smallest absolute Gasteiger partial charge is 0.255 e. The Balaban J connectivity index is 1.39. The zero-order chi connectivity index (χ0) is 19.9. The molecule has 0 atom stereocenters. The molecular formula is C21H25Cl2N3O2. The van der Waals surface area contributed by atoms with Gasteiger partial charge in [0.25, 0.3) is 5.91 Å². The minimum absolute atomic E-state index is 0.160. The Bertz CT molecular complexity index is 791. The van der Waals surface area contributed by atoms with Crippen molar-refractivity contribution in [3.63, 3.8) is 0 Å². The quantitative estimate of drug-likeness (QED) is 0.687. The van der Waals surface area contributed by atoms with Gasteiger partial charge in [-0.15, -0.1) is 0 Å². The molecule has 5 nitrogen and oxygen atoms in total. The third kappa shape index (κ3) is 5.53. The normalized spacial score (nSPS) is 14.8. The van der Waals surface area contributed by atoms with E-state index >= 15 is 0 Å². The van der Waals surface area contributed by atoms with Crippen molar-refractivity contribution in [3.8, 4) is 5.75 Å². The molecular weight excluding hydrogens is 397 g/mol. The number of benzene rings is 2. The van der Waals surface area contributed by atoms with Gasteiger partial charge in [-0.05, 0) is 55.4 Å². The summed E-state index contributed by atoms with van der Waals surface area (Å²) < 4.78 is 5.24. The van der Waals surface area contributed by atoms with Crippen molar-refractivity contribution in [2.24, 2.45) is 0 Å². The lowest BCUT2D eigenvalue weighted by Gasteiger charge is -2.36. The van der Waals surface area contributed by atoms with Crippen LogP contribution in [0.5, 0.6) is 5.75 Å². The second-order valence-electron chi connectivity index (χ2n) is 6.76. The van der Waals surface area contributed by atoms with Gasteiger partial charge >= 0.3 is 0 Å². The summed E-state index contributed by atoms with van der Waals surface area (Å²) in [6.45, 7) is 5.59. The van der Waals surface area contributed by atoms with Crippen LogP contribution in [0.4, 0.5) is 5.69 Å². The van der Waals surface area contributed by atoms with E-state index in [4.69, 9.17) is 27.9 Å². The van der Waals surface area contributed by atoms with Crippen molar-refractivity contribution < 1.29 is 9.53 Å². The molecule has 0 radical (unpaired) electrons. The molecule has 0 aromatic heterocycles. The minimum atomic E-state index is -0.160. The van der Waals surface area contributed by atoms with Gasteiger partial charge < -0.3 is 15.0 Å². The summed E-state index contributed by atoms with van der Waals surface area (Å²) in [6, 6.07) is 13.0. The van der Waals surface area contributed by atoms with Crippen LogP contribution in [0.15, 0.2) is 42.5 Å². The van der Waals surface area contributed by atoms with Crippen LogP contribution < -0.4 is 15.0 Å². The van der Waals surface area contributed by atoms with Crippen LogP contribution in [-0.2, 0) is 0 Å². The number of nitrogens with zero attached hydrogens (tertiary/aromatic N) is 2. The van der Waals surface area contributed by atoms with Gasteiger partial charge in [-0.2, -0.15) is 0 Å². The van der Waals surface area contributed by atoms with Gasteiger partial charge in [0.1, 0.15) is 5.75 Å². The molecule has 28 heavy (non-hydrogen) atoms. The maximum Gasteiger partial charge on any atom is 0.255 e. The van der Waals surface area contributed by atoms with Gasteiger partial charge in [0.05, 0.1) is 12.7 Å². The van der Waals surface area contributed by atoms with Crippen molar-refractivity contribution in [1.82, 2.24) is 10.2 Å². The topological polar surface area (TPSA) is 44.8 Å². The lowest BCUT2D eigenvalue weighted by molar-refractivity contribution is 0.0948. The van der Waals surface area contributed by atoms with Crippen molar-refractivity contribution in [2.45, 2.75) is 6.42 Å². The first-order valence-corrected chi connectivity index (χ1v) is 10.2. The molecule has 1 aliphatic heterocycles. The van der Waals surface area contributed by atoms with Crippen LogP contribution in [0, 0.1) is 0 Å². The monoisotopic (exact) mass is 421 g/mol. The highest BCUT2D eigenvalue weighted by atomic mass is 35.5. The molecule has 1 aliphatic rings. The van der Waals surface area contributed by atoms with E-state index in [0.29, 0.717) is 22.9 Å². The number of halogens is 2. The van der Waals surface area contributed by atoms with Crippen molar-refractivity contribution in [2.75, 3.05) is 51.3 Å². The van der Waals surface area contributed by atoms with Crippen LogP contribution >= 0.6 is 23.2 Å². The molecule has 3 rings (SSSR count). The number of ether oxygens (including phenoxy) is 1. The molecule has 7 heteroatoms. The van der Waals surface area contributed by atoms with Gasteiger partial charge in [0.15, 0.2) is 0 Å². The Morgan fingerprint density at radius 2 is 1.71 bits per heavy atom. The molecule has 1 N–H and O–H groups in total. The maximum absolute atomic E-state index is 12.4. The van der Waals surface area contributed by atoms with Gasteiger partial charge in [0, 0.05) is 48.5 Å². The SMILES string of the molecule is COc1ccc(Cl)cc1C(=O)NCCCN1CCN(c2ccc(Cl)cc2)CC1. The average Bonchev–Trinajstić information content (AvgIpc) is 2.72. The highest BCUT2D eigenvalue weighted by Crippen LogP contribution is 2.22. The third-order valence-electron chi connectivity index (χ3n) is 4.91. The summed E-state index contributed by atoms with van der Waals surface area (Å²) >= 11 is 12.0. The van der Waals surface area contributed by atoms with Gasteiger partial charge in [-0.1, -0.05) is 23.2 Å². The van der Waals surface area contributed by atoms with E-state index in [1.165, 1.54) is 5.69 Å². The molecule has 0 spiro atoms. The highest BCUT2D eigenvalue weighted by molar-refractivity contribution is 6.31. The number of carbonyl (C=O) groups excluding carboxylic acids is 1. The lowest BCUT2D eigenvalue weighted by atomic mass is 10.2. The van der Waals surface area contributed by atoms with Crippen molar-refractivity contribution in [1.29, 1.82) is 0 Å². The molecule has 0 saturated carbocycles. The number of carbonyl (C=O) groups is 1. The number of hydrogen-bond acceptors (Lipinski definition) is 4. The highest BCUT2D eigenvalue weighted by Gasteiger charge is 2.17. The van der Waals surface area contributed by atoms with E-state index in [0.717, 1.165) is 44.2 Å². The maximum atomic E-state index is 12.4. The lowest BCUT2D eigenvalue weighted by Crippen LogP contribution is -2.47. The predicted molar refractivity (Wildman–Crippen MR) is 115 cm³/mol. The molecule has 1 fully saturated rings. The summed E-state index contributed by atoms with van der Waals surface area (Å²) in [5, 5.41) is 4.24. The summed E-state index contributed by atoms with van der Waals surface area (Å²) in [7, 11) is 1.55. The summed E-state index contributed by atoms with van der Waals surface area (Å²) in [5.41, 5.74) is 1.68. The number of hydrogen-bond donors (Lipinski definition) is 1. The van der Waals surface area contributed by atoms with E-state index < -0.39 is 0 Å². The van der Waals surface area contributed by atoms with E-state index in [-0.39, 0.29) is 5.91 Å². The number of nitrogens with one attached hydrogen (secondary N) is 1. The number of methoxy groups -OCH3 is 1.